The van der Waals surface area contributed by atoms with Crippen LogP contribution in [-0.4, -0.2) is 70.7 Å². The molecule has 1 atom stereocenters. The third-order valence-corrected chi connectivity index (χ3v) is 8.14. The van der Waals surface area contributed by atoms with Crippen LogP contribution in [0.4, 0.5) is 0 Å². The number of aromatic nitrogens is 3. The van der Waals surface area contributed by atoms with Crippen LogP contribution in [0.2, 0.25) is 0 Å². The molecule has 194 valence electrons. The molecule has 1 aromatic carbocycles. The highest BCUT2D eigenvalue weighted by Crippen LogP contribution is 2.40. The van der Waals surface area contributed by atoms with E-state index in [0.29, 0.717) is 23.8 Å². The zero-order chi connectivity index (χ0) is 26.6. The summed E-state index contributed by atoms with van der Waals surface area (Å²) >= 11 is 1.53. The summed E-state index contributed by atoms with van der Waals surface area (Å²) in [6.07, 6.45) is 0.412. The van der Waals surface area contributed by atoms with E-state index >= 15 is 0 Å². The van der Waals surface area contributed by atoms with Gasteiger partial charge in [0.2, 0.25) is 5.91 Å². The molecule has 11 heteroatoms. The Morgan fingerprint density at radius 3 is 2.66 bits per heavy atom. The molecule has 1 fully saturated rings. The molecule has 0 unspecified atom stereocenters. The molecule has 0 aliphatic carbocycles. The van der Waals surface area contributed by atoms with Crippen LogP contribution >= 0.6 is 11.3 Å². The minimum absolute atomic E-state index is 0.106. The van der Waals surface area contributed by atoms with Crippen LogP contribution in [0, 0.1) is 36.5 Å². The number of morpholine rings is 1. The van der Waals surface area contributed by atoms with Gasteiger partial charge in [0.1, 0.15) is 16.9 Å². The van der Waals surface area contributed by atoms with Gasteiger partial charge >= 0.3 is 0 Å². The first-order valence-electron chi connectivity index (χ1n) is 12.6. The molecular formula is C27H28N8O2S. The third-order valence-electron chi connectivity index (χ3n) is 6.86. The number of nitrogens with zero attached hydrogens (tertiary/aromatic N) is 7. The van der Waals surface area contributed by atoms with E-state index in [2.05, 4.69) is 32.6 Å². The number of rotatable bonds is 7. The van der Waals surface area contributed by atoms with Gasteiger partial charge in [0.25, 0.3) is 0 Å². The van der Waals surface area contributed by atoms with Crippen molar-refractivity contribution in [1.82, 2.24) is 25.0 Å². The molecule has 0 bridgehead atoms. The lowest BCUT2D eigenvalue weighted by Crippen LogP contribution is -2.41. The van der Waals surface area contributed by atoms with Gasteiger partial charge in [-0.25, -0.2) is 0 Å². The zero-order valence-electron chi connectivity index (χ0n) is 21.4. The number of fused-ring (bicyclic) bond motifs is 3. The Morgan fingerprint density at radius 2 is 1.95 bits per heavy atom. The molecule has 2 aliphatic heterocycles. The molecule has 2 aliphatic rings. The van der Waals surface area contributed by atoms with Crippen LogP contribution < -0.4 is 5.32 Å². The molecule has 2 aromatic heterocycles. The van der Waals surface area contributed by atoms with Crippen molar-refractivity contribution in [3.8, 4) is 17.1 Å². The lowest BCUT2D eigenvalue weighted by Gasteiger charge is -2.26. The standard InChI is InChI=1S/C27H28N8O2S/c1-17-22(7-8-28)38-27-24(17)25(20-5-3-19(16-29)4-6-20)31-21(26-33-32-18(2)35(26)27)15-23(36)30-9-10-34-11-13-37-14-12-34/h3-6,21H,7,9-15H2,1-2H3,(H,30,36)/t21-/m0/s1. The molecule has 3 aromatic rings. The molecule has 1 amide bonds. The third kappa shape index (κ3) is 5.09. The summed E-state index contributed by atoms with van der Waals surface area (Å²) in [4.78, 5) is 21.4. The van der Waals surface area contributed by atoms with Gasteiger partial charge in [0, 0.05) is 42.2 Å². The SMILES string of the molecule is Cc1c(CC#N)sc2c1C(c1ccc(C#N)cc1)=N[C@@H](CC(=O)NCCN1CCOCC1)c1nnc(C)n1-2. The second kappa shape index (κ2) is 11.2. The topological polar surface area (TPSA) is 132 Å². The normalized spacial score (nSPS) is 16.9. The number of hydrogen-bond acceptors (Lipinski definition) is 9. The highest BCUT2D eigenvalue weighted by atomic mass is 32.1. The summed E-state index contributed by atoms with van der Waals surface area (Å²) in [5.41, 5.74) is 4.00. The zero-order valence-corrected chi connectivity index (χ0v) is 22.2. The number of nitrogens with one attached hydrogen (secondary N) is 1. The van der Waals surface area contributed by atoms with E-state index in [-0.39, 0.29) is 18.7 Å². The van der Waals surface area contributed by atoms with Crippen LogP contribution in [0.1, 0.15) is 51.2 Å². The molecular weight excluding hydrogens is 500 g/mol. The van der Waals surface area contributed by atoms with Crippen LogP contribution in [0.3, 0.4) is 0 Å². The number of carbonyl (C=O) groups is 1. The molecule has 10 nitrogen and oxygen atoms in total. The van der Waals surface area contributed by atoms with Crippen molar-refractivity contribution in [2.45, 2.75) is 32.7 Å². The predicted octanol–water partition coefficient (Wildman–Crippen LogP) is 2.61. The van der Waals surface area contributed by atoms with Crippen molar-refractivity contribution in [2.75, 3.05) is 39.4 Å². The van der Waals surface area contributed by atoms with Crippen LogP contribution in [0.5, 0.6) is 0 Å². The lowest BCUT2D eigenvalue weighted by molar-refractivity contribution is -0.121. The van der Waals surface area contributed by atoms with Crippen LogP contribution in [0.25, 0.3) is 5.00 Å². The van der Waals surface area contributed by atoms with Crippen molar-refractivity contribution in [2.24, 2.45) is 4.99 Å². The molecule has 1 N–H and O–H groups in total. The van der Waals surface area contributed by atoms with Crippen LogP contribution in [-0.2, 0) is 16.0 Å². The number of ether oxygens (including phenoxy) is 1. The number of carbonyl (C=O) groups excluding carboxylic acids is 1. The molecule has 1 saturated heterocycles. The van der Waals surface area contributed by atoms with Gasteiger partial charge in [-0.3, -0.25) is 19.3 Å². The smallest absolute Gasteiger partial charge is 0.222 e. The molecule has 0 saturated carbocycles. The van der Waals surface area contributed by atoms with E-state index < -0.39 is 6.04 Å². The van der Waals surface area contributed by atoms with E-state index in [0.717, 1.165) is 65.1 Å². The van der Waals surface area contributed by atoms with E-state index in [4.69, 9.17) is 9.73 Å². The van der Waals surface area contributed by atoms with Crippen molar-refractivity contribution in [1.29, 1.82) is 10.5 Å². The summed E-state index contributed by atoms with van der Waals surface area (Å²) in [5, 5.41) is 31.4. The van der Waals surface area contributed by atoms with Gasteiger partial charge in [-0.2, -0.15) is 10.5 Å². The Labute approximate surface area is 225 Å². The number of aryl methyl sites for hydroxylation is 1. The summed E-state index contributed by atoms with van der Waals surface area (Å²) in [7, 11) is 0. The van der Waals surface area contributed by atoms with Gasteiger partial charge in [0.15, 0.2) is 5.82 Å². The predicted molar refractivity (Wildman–Crippen MR) is 142 cm³/mol. The van der Waals surface area contributed by atoms with Crippen molar-refractivity contribution >= 4 is 23.0 Å². The summed E-state index contributed by atoms with van der Waals surface area (Å²) in [5.74, 6) is 1.19. The minimum atomic E-state index is -0.552. The molecule has 0 spiro atoms. The second-order valence-electron chi connectivity index (χ2n) is 9.30. The van der Waals surface area contributed by atoms with E-state index in [1.165, 1.54) is 11.3 Å². The number of aliphatic imine (C=N–C) groups is 1. The van der Waals surface area contributed by atoms with Gasteiger partial charge in [0.05, 0.1) is 49.5 Å². The lowest BCUT2D eigenvalue weighted by atomic mass is 9.98. The Morgan fingerprint density at radius 1 is 1.18 bits per heavy atom. The number of nitriles is 2. The molecule has 0 radical (unpaired) electrons. The van der Waals surface area contributed by atoms with Gasteiger partial charge in [-0.05, 0) is 31.5 Å². The van der Waals surface area contributed by atoms with Crippen molar-refractivity contribution < 1.29 is 9.53 Å². The van der Waals surface area contributed by atoms with Crippen LogP contribution in [0.15, 0.2) is 29.3 Å². The Hall–Kier alpha value is -3.90. The largest absolute Gasteiger partial charge is 0.379 e. The van der Waals surface area contributed by atoms with E-state index in [9.17, 15) is 15.3 Å². The monoisotopic (exact) mass is 528 g/mol. The summed E-state index contributed by atoms with van der Waals surface area (Å²) in [6.45, 7) is 8.38. The second-order valence-corrected chi connectivity index (χ2v) is 10.4. The quantitative estimate of drug-likeness (QED) is 0.498. The average molecular weight is 529 g/mol. The van der Waals surface area contributed by atoms with Gasteiger partial charge in [-0.1, -0.05) is 12.1 Å². The highest BCUT2D eigenvalue weighted by Gasteiger charge is 2.32. The summed E-state index contributed by atoms with van der Waals surface area (Å²) in [6, 6.07) is 11.1. The highest BCUT2D eigenvalue weighted by molar-refractivity contribution is 7.15. The molecule has 5 rings (SSSR count). The van der Waals surface area contributed by atoms with Crippen molar-refractivity contribution in [3.63, 3.8) is 0 Å². The first kappa shape index (κ1) is 25.7. The average Bonchev–Trinajstić information content (AvgIpc) is 3.42. The van der Waals surface area contributed by atoms with Crippen molar-refractivity contribution in [3.05, 3.63) is 63.0 Å². The molecule has 38 heavy (non-hydrogen) atoms. The maximum Gasteiger partial charge on any atom is 0.222 e. The number of thiophene rings is 1. The maximum atomic E-state index is 13.1. The first-order valence-corrected chi connectivity index (χ1v) is 13.4. The minimum Gasteiger partial charge on any atom is -0.379 e. The Bertz CT molecular complexity index is 1450. The first-order chi connectivity index (χ1) is 18.5. The number of hydrogen-bond donors (Lipinski definition) is 1. The fourth-order valence-corrected chi connectivity index (χ4v) is 6.12. The number of amides is 1. The Kier molecular flexibility index (Phi) is 7.61. The van der Waals surface area contributed by atoms with Gasteiger partial charge < -0.3 is 10.1 Å². The maximum absolute atomic E-state index is 13.1. The fraction of sp³-hybridized carbons (Fsp3) is 0.407. The fourth-order valence-electron chi connectivity index (χ4n) is 4.83. The Balaban J connectivity index is 1.50. The summed E-state index contributed by atoms with van der Waals surface area (Å²) < 4.78 is 7.37. The van der Waals surface area contributed by atoms with Gasteiger partial charge in [-0.15, -0.1) is 21.5 Å². The number of benzene rings is 1. The van der Waals surface area contributed by atoms with E-state index in [1.54, 1.807) is 12.1 Å². The molecule has 4 heterocycles. The van der Waals surface area contributed by atoms with E-state index in [1.807, 2.05) is 30.5 Å².